The minimum absolute atomic E-state index is 0.00787. The molecule has 0 radical (unpaired) electrons. The van der Waals surface area contributed by atoms with Gasteiger partial charge in [-0.25, -0.2) is 18.1 Å². The summed E-state index contributed by atoms with van der Waals surface area (Å²) in [5.41, 5.74) is 5.48. The van der Waals surface area contributed by atoms with E-state index in [1.807, 2.05) is 6.92 Å². The van der Waals surface area contributed by atoms with Crippen molar-refractivity contribution < 1.29 is 13.2 Å². The maximum Gasteiger partial charge on any atom is 0.244 e. The number of aromatic nitrogens is 1. The van der Waals surface area contributed by atoms with Gasteiger partial charge in [0.15, 0.2) is 0 Å². The van der Waals surface area contributed by atoms with Gasteiger partial charge < -0.3 is 10.5 Å². The first-order valence-corrected chi connectivity index (χ1v) is 6.34. The van der Waals surface area contributed by atoms with Crippen LogP contribution < -0.4 is 10.5 Å². The zero-order valence-corrected chi connectivity index (χ0v) is 9.83. The van der Waals surface area contributed by atoms with Crippen molar-refractivity contribution in [3.8, 4) is 0 Å². The van der Waals surface area contributed by atoms with Crippen LogP contribution in [0.1, 0.15) is 6.92 Å². The summed E-state index contributed by atoms with van der Waals surface area (Å²) < 4.78 is 30.9. The molecule has 0 aliphatic rings. The topological polar surface area (TPSA) is 94.3 Å². The van der Waals surface area contributed by atoms with Crippen molar-refractivity contribution in [1.82, 2.24) is 9.71 Å². The molecule has 0 aliphatic carbocycles. The van der Waals surface area contributed by atoms with Crippen LogP contribution in [0.15, 0.2) is 23.2 Å². The number of nitrogens with one attached hydrogen (secondary N) is 1. The zero-order valence-electron chi connectivity index (χ0n) is 9.01. The second kappa shape index (κ2) is 5.78. The summed E-state index contributed by atoms with van der Waals surface area (Å²) in [5, 5.41) is 0. The number of sulfonamides is 1. The Morgan fingerprint density at radius 2 is 2.31 bits per heavy atom. The summed E-state index contributed by atoms with van der Waals surface area (Å²) in [5.74, 6) is -0.00795. The van der Waals surface area contributed by atoms with Crippen LogP contribution in [-0.2, 0) is 14.8 Å². The lowest BCUT2D eigenvalue weighted by molar-refractivity contribution is 0.153. The smallest absolute Gasteiger partial charge is 0.244 e. The molecule has 1 rings (SSSR count). The molecular weight excluding hydrogens is 230 g/mol. The van der Waals surface area contributed by atoms with Gasteiger partial charge in [0, 0.05) is 19.3 Å². The Kier molecular flexibility index (Phi) is 4.66. The third-order valence-corrected chi connectivity index (χ3v) is 3.34. The molecule has 0 aromatic carbocycles. The van der Waals surface area contributed by atoms with Crippen LogP contribution >= 0.6 is 0 Å². The fourth-order valence-corrected chi connectivity index (χ4v) is 2.19. The van der Waals surface area contributed by atoms with E-state index in [-0.39, 0.29) is 17.3 Å². The summed E-state index contributed by atoms with van der Waals surface area (Å²) >= 11 is 0. The molecule has 6 nitrogen and oxygen atoms in total. The maximum absolute atomic E-state index is 11.7. The molecule has 0 aliphatic heterocycles. The van der Waals surface area contributed by atoms with Crippen LogP contribution in [0.3, 0.4) is 0 Å². The van der Waals surface area contributed by atoms with Gasteiger partial charge in [0.25, 0.3) is 0 Å². The van der Waals surface area contributed by atoms with Crippen molar-refractivity contribution in [2.75, 3.05) is 25.5 Å². The van der Waals surface area contributed by atoms with Gasteiger partial charge in [-0.3, -0.25) is 0 Å². The van der Waals surface area contributed by atoms with Gasteiger partial charge in [0.2, 0.25) is 10.0 Å². The Balaban J connectivity index is 2.68. The van der Waals surface area contributed by atoms with E-state index in [0.717, 1.165) is 0 Å². The van der Waals surface area contributed by atoms with Crippen molar-refractivity contribution in [3.05, 3.63) is 18.3 Å². The SMILES string of the molecule is CCOCCNS(=O)(=O)c1cccnc1N. The lowest BCUT2D eigenvalue weighted by atomic mass is 10.5. The molecule has 0 fully saturated rings. The van der Waals surface area contributed by atoms with E-state index in [2.05, 4.69) is 9.71 Å². The second-order valence-electron chi connectivity index (χ2n) is 2.98. The highest BCUT2D eigenvalue weighted by molar-refractivity contribution is 7.89. The Hall–Kier alpha value is -1.18. The number of nitrogen functional groups attached to an aromatic ring is 1. The molecule has 1 aromatic heterocycles. The monoisotopic (exact) mass is 245 g/mol. The minimum atomic E-state index is -3.59. The summed E-state index contributed by atoms with van der Waals surface area (Å²) in [6, 6.07) is 2.93. The van der Waals surface area contributed by atoms with E-state index >= 15 is 0 Å². The fourth-order valence-electron chi connectivity index (χ4n) is 1.10. The predicted molar refractivity (Wildman–Crippen MR) is 60.3 cm³/mol. The van der Waals surface area contributed by atoms with E-state index in [1.54, 1.807) is 0 Å². The normalized spacial score (nSPS) is 11.6. The van der Waals surface area contributed by atoms with Crippen molar-refractivity contribution in [1.29, 1.82) is 0 Å². The van der Waals surface area contributed by atoms with Crippen LogP contribution in [0, 0.1) is 0 Å². The number of rotatable bonds is 6. The predicted octanol–water partition coefficient (Wildman–Crippen LogP) is -0.0214. The van der Waals surface area contributed by atoms with Crippen LogP contribution in [0.25, 0.3) is 0 Å². The summed E-state index contributed by atoms with van der Waals surface area (Å²) in [6.45, 7) is 2.94. The van der Waals surface area contributed by atoms with Gasteiger partial charge in [-0.15, -0.1) is 0 Å². The second-order valence-corrected chi connectivity index (χ2v) is 4.72. The molecule has 7 heteroatoms. The van der Waals surface area contributed by atoms with Gasteiger partial charge in [0.1, 0.15) is 10.7 Å². The standard InChI is InChI=1S/C9H15N3O3S/c1-2-15-7-6-12-16(13,14)8-4-3-5-11-9(8)10/h3-5,12H,2,6-7H2,1H3,(H2,10,11). The first-order valence-electron chi connectivity index (χ1n) is 4.86. The Morgan fingerprint density at radius 1 is 1.56 bits per heavy atom. The molecule has 90 valence electrons. The van der Waals surface area contributed by atoms with Crippen molar-refractivity contribution in [2.45, 2.75) is 11.8 Å². The molecular formula is C9H15N3O3S. The van der Waals surface area contributed by atoms with Gasteiger partial charge in [-0.1, -0.05) is 0 Å². The molecule has 1 aromatic rings. The van der Waals surface area contributed by atoms with Crippen LogP contribution in [0.2, 0.25) is 0 Å². The zero-order chi connectivity index (χ0) is 12.0. The number of ether oxygens (including phenoxy) is 1. The molecule has 0 spiro atoms. The number of anilines is 1. The molecule has 0 atom stereocenters. The third kappa shape index (κ3) is 3.44. The Bertz CT molecular complexity index is 433. The Morgan fingerprint density at radius 3 is 2.94 bits per heavy atom. The van der Waals surface area contributed by atoms with Crippen LogP contribution in [0.4, 0.5) is 5.82 Å². The van der Waals surface area contributed by atoms with Crippen LogP contribution in [0.5, 0.6) is 0 Å². The fraction of sp³-hybridized carbons (Fsp3) is 0.444. The first-order chi connectivity index (χ1) is 7.58. The molecule has 0 unspecified atom stereocenters. The molecule has 0 amide bonds. The van der Waals surface area contributed by atoms with E-state index < -0.39 is 10.0 Å². The largest absolute Gasteiger partial charge is 0.383 e. The van der Waals surface area contributed by atoms with E-state index in [4.69, 9.17) is 10.5 Å². The van der Waals surface area contributed by atoms with Gasteiger partial charge in [-0.05, 0) is 19.1 Å². The van der Waals surface area contributed by atoms with Crippen molar-refractivity contribution in [3.63, 3.8) is 0 Å². The highest BCUT2D eigenvalue weighted by atomic mass is 32.2. The van der Waals surface area contributed by atoms with E-state index in [9.17, 15) is 8.42 Å². The van der Waals surface area contributed by atoms with E-state index in [1.165, 1.54) is 18.3 Å². The maximum atomic E-state index is 11.7. The molecule has 0 saturated heterocycles. The summed E-state index contributed by atoms with van der Waals surface area (Å²) in [4.78, 5) is 3.71. The number of nitrogens with zero attached hydrogens (tertiary/aromatic N) is 1. The number of nitrogens with two attached hydrogens (primary N) is 1. The molecule has 0 bridgehead atoms. The lowest BCUT2D eigenvalue weighted by Crippen LogP contribution is -2.28. The van der Waals surface area contributed by atoms with Crippen LogP contribution in [-0.4, -0.2) is 33.2 Å². The number of hydrogen-bond acceptors (Lipinski definition) is 5. The molecule has 16 heavy (non-hydrogen) atoms. The van der Waals surface area contributed by atoms with Gasteiger partial charge >= 0.3 is 0 Å². The number of pyridine rings is 1. The quantitative estimate of drug-likeness (QED) is 0.687. The highest BCUT2D eigenvalue weighted by Crippen LogP contribution is 2.13. The minimum Gasteiger partial charge on any atom is -0.383 e. The average Bonchev–Trinajstić information content (AvgIpc) is 2.25. The lowest BCUT2D eigenvalue weighted by Gasteiger charge is -2.07. The van der Waals surface area contributed by atoms with Gasteiger partial charge in [0.05, 0.1) is 6.61 Å². The third-order valence-electron chi connectivity index (χ3n) is 1.83. The first kappa shape index (κ1) is 12.9. The van der Waals surface area contributed by atoms with Gasteiger partial charge in [-0.2, -0.15) is 0 Å². The number of hydrogen-bond donors (Lipinski definition) is 2. The van der Waals surface area contributed by atoms with E-state index in [0.29, 0.717) is 13.2 Å². The van der Waals surface area contributed by atoms with Crippen molar-refractivity contribution >= 4 is 15.8 Å². The van der Waals surface area contributed by atoms with Crippen molar-refractivity contribution in [2.24, 2.45) is 0 Å². The molecule has 3 N–H and O–H groups in total. The average molecular weight is 245 g/mol. The molecule has 0 saturated carbocycles. The highest BCUT2D eigenvalue weighted by Gasteiger charge is 2.16. The Labute approximate surface area is 94.9 Å². The summed E-state index contributed by atoms with van der Waals surface area (Å²) in [7, 11) is -3.59. The molecule has 1 heterocycles. The summed E-state index contributed by atoms with van der Waals surface area (Å²) in [6.07, 6.45) is 1.44.